The standard InChI is InChI=1S/C38H51BrN4O9/c1-4-24(2)28(22-44)43-34-36(47)42(16-15-41-17-19-50-20-18-41)14-10-6-9-13-29(45)40-27(23-49-3)32(25-11-7-5-8-12-25)51-37(48)30-31(35(43)46)38(34)21-26(39)33(30)52-38/h5-8,10-12,21,24,27-28,30-34,44H,4,9,13-20,22-23H2,1-3H3,(H,40,45)/b10-6-/t24-,27-,28-,30+,31-,32-,33+,34+,38-/m0/s1. The van der Waals surface area contributed by atoms with E-state index >= 15 is 4.79 Å². The Morgan fingerprint density at radius 1 is 1.06 bits per heavy atom. The van der Waals surface area contributed by atoms with Gasteiger partial charge in [-0.2, -0.15) is 0 Å². The first-order chi connectivity index (χ1) is 25.1. The number of carbonyl (C=O) groups is 4. The van der Waals surface area contributed by atoms with E-state index in [0.29, 0.717) is 49.2 Å². The van der Waals surface area contributed by atoms with Crippen molar-refractivity contribution in [2.45, 2.75) is 69.0 Å². The van der Waals surface area contributed by atoms with Gasteiger partial charge in [-0.3, -0.25) is 24.1 Å². The molecule has 5 heterocycles. The average molecular weight is 788 g/mol. The van der Waals surface area contributed by atoms with Gasteiger partial charge in [0.25, 0.3) is 0 Å². The monoisotopic (exact) mass is 786 g/mol. The average Bonchev–Trinajstić information content (AvgIpc) is 3.75. The maximum absolute atomic E-state index is 15.1. The van der Waals surface area contributed by atoms with Crippen LogP contribution in [0.15, 0.2) is 53.0 Å². The number of ether oxygens (including phenoxy) is 4. The van der Waals surface area contributed by atoms with Crippen molar-refractivity contribution in [2.75, 3.05) is 66.3 Å². The summed E-state index contributed by atoms with van der Waals surface area (Å²) < 4.78 is 24.7. The second kappa shape index (κ2) is 16.9. The van der Waals surface area contributed by atoms with Gasteiger partial charge in [-0.15, -0.1) is 0 Å². The number of allylic oxidation sites excluding steroid dienone is 1. The lowest BCUT2D eigenvalue weighted by molar-refractivity contribution is -0.163. The van der Waals surface area contributed by atoms with Crippen LogP contribution in [0, 0.1) is 17.8 Å². The van der Waals surface area contributed by atoms with E-state index in [4.69, 9.17) is 18.9 Å². The summed E-state index contributed by atoms with van der Waals surface area (Å²) >= 11 is 3.63. The van der Waals surface area contributed by atoms with Gasteiger partial charge in [-0.25, -0.2) is 0 Å². The van der Waals surface area contributed by atoms with E-state index in [0.717, 1.165) is 13.1 Å². The number of esters is 1. The van der Waals surface area contributed by atoms with Crippen LogP contribution in [0.25, 0.3) is 0 Å². The summed E-state index contributed by atoms with van der Waals surface area (Å²) in [6.45, 7) is 7.53. The second-order valence-corrected chi connectivity index (χ2v) is 15.3. The topological polar surface area (TPSA) is 147 Å². The van der Waals surface area contributed by atoms with Crippen LogP contribution in [0.3, 0.4) is 0 Å². The molecule has 3 fully saturated rings. The molecule has 5 aliphatic rings. The van der Waals surface area contributed by atoms with E-state index in [1.54, 1.807) is 11.0 Å². The third-order valence-electron chi connectivity index (χ3n) is 11.3. The van der Waals surface area contributed by atoms with Crippen LogP contribution in [0.1, 0.15) is 44.8 Å². The maximum Gasteiger partial charge on any atom is 0.313 e. The van der Waals surface area contributed by atoms with E-state index in [9.17, 15) is 19.5 Å². The number of rotatable bonds is 10. The lowest BCUT2D eigenvalue weighted by Crippen LogP contribution is -2.60. The molecule has 13 nitrogen and oxygen atoms in total. The molecular weight excluding hydrogens is 736 g/mol. The SMILES string of the molecule is CC[C@H](C)[C@H](CO)N1C(=O)[C@@H]2[C@H]3C(=O)O[C@@H](c4ccccc4)[C@H](COC)NC(=O)CC/C=C\CN(CCN4CCOCC4)C(=O)[C@@H]1[C@]21C=C(Br)[C@H]3O1. The van der Waals surface area contributed by atoms with E-state index in [1.165, 1.54) is 12.0 Å². The zero-order valence-electron chi connectivity index (χ0n) is 30.2. The Morgan fingerprint density at radius 2 is 1.81 bits per heavy atom. The molecule has 1 spiro atoms. The van der Waals surface area contributed by atoms with Crippen molar-refractivity contribution in [3.63, 3.8) is 0 Å². The lowest BCUT2D eigenvalue weighted by Gasteiger charge is -2.40. The first-order valence-corrected chi connectivity index (χ1v) is 19.2. The van der Waals surface area contributed by atoms with Crippen LogP contribution in [0.5, 0.6) is 0 Å². The number of benzene rings is 1. The smallest absolute Gasteiger partial charge is 0.313 e. The summed E-state index contributed by atoms with van der Waals surface area (Å²) in [6, 6.07) is 6.54. The fourth-order valence-electron chi connectivity index (χ4n) is 8.35. The van der Waals surface area contributed by atoms with Crippen LogP contribution < -0.4 is 5.32 Å². The second-order valence-electron chi connectivity index (χ2n) is 14.4. The predicted octanol–water partition coefficient (Wildman–Crippen LogP) is 2.19. The molecule has 3 saturated heterocycles. The molecule has 14 heteroatoms. The third kappa shape index (κ3) is 7.47. The number of aliphatic hydroxyl groups excluding tert-OH is 1. The molecule has 2 N–H and O–H groups in total. The number of cyclic esters (lactones) is 1. The van der Waals surface area contributed by atoms with Gasteiger partial charge in [0.1, 0.15) is 29.8 Å². The predicted molar refractivity (Wildman–Crippen MR) is 194 cm³/mol. The molecule has 0 aromatic heterocycles. The Labute approximate surface area is 313 Å². The Hall–Kier alpha value is -3.14. The molecule has 6 rings (SSSR count). The summed E-state index contributed by atoms with van der Waals surface area (Å²) in [6.07, 6.45) is 4.95. The van der Waals surface area contributed by atoms with Crippen LogP contribution in [0.2, 0.25) is 0 Å². The minimum Gasteiger partial charge on any atom is -0.455 e. The van der Waals surface area contributed by atoms with Crippen molar-refractivity contribution in [1.29, 1.82) is 0 Å². The minimum atomic E-state index is -1.49. The fourth-order valence-corrected chi connectivity index (χ4v) is 9.09. The highest BCUT2D eigenvalue weighted by molar-refractivity contribution is 9.11. The molecule has 0 saturated carbocycles. The van der Waals surface area contributed by atoms with Crippen molar-refractivity contribution >= 4 is 39.6 Å². The molecule has 284 valence electrons. The van der Waals surface area contributed by atoms with Crippen LogP contribution >= 0.6 is 15.9 Å². The van der Waals surface area contributed by atoms with E-state index < -0.39 is 59.6 Å². The number of amides is 3. The van der Waals surface area contributed by atoms with Gasteiger partial charge in [0.15, 0.2) is 0 Å². The van der Waals surface area contributed by atoms with Crippen molar-refractivity contribution in [2.24, 2.45) is 17.8 Å². The molecule has 0 unspecified atom stereocenters. The van der Waals surface area contributed by atoms with Gasteiger partial charge < -0.3 is 39.2 Å². The number of hydrogen-bond donors (Lipinski definition) is 2. The molecule has 0 radical (unpaired) electrons. The third-order valence-corrected chi connectivity index (χ3v) is 12.0. The first-order valence-electron chi connectivity index (χ1n) is 18.4. The lowest BCUT2D eigenvalue weighted by atomic mass is 9.74. The Kier molecular flexibility index (Phi) is 12.5. The summed E-state index contributed by atoms with van der Waals surface area (Å²) in [5, 5.41) is 13.8. The fraction of sp³-hybridized carbons (Fsp3) is 0.632. The van der Waals surface area contributed by atoms with Gasteiger partial charge in [0.2, 0.25) is 17.7 Å². The number of nitrogens with one attached hydrogen (secondary N) is 1. The Balaban J connectivity index is 1.45. The molecule has 5 aliphatic heterocycles. The molecule has 0 aliphatic carbocycles. The van der Waals surface area contributed by atoms with Gasteiger partial charge in [0.05, 0.1) is 44.4 Å². The van der Waals surface area contributed by atoms with Crippen molar-refractivity contribution in [3.05, 3.63) is 58.6 Å². The van der Waals surface area contributed by atoms with Gasteiger partial charge in [-0.1, -0.05) is 78.7 Å². The molecular formula is C38H51BrN4O9. The Bertz CT molecular complexity index is 1520. The van der Waals surface area contributed by atoms with Gasteiger partial charge in [0, 0.05) is 50.7 Å². The van der Waals surface area contributed by atoms with Crippen LogP contribution in [-0.4, -0.2) is 140 Å². The molecule has 52 heavy (non-hydrogen) atoms. The number of halogens is 1. The van der Waals surface area contributed by atoms with E-state index in [1.807, 2.05) is 56.3 Å². The number of hydrogen-bond acceptors (Lipinski definition) is 10. The highest BCUT2D eigenvalue weighted by Crippen LogP contribution is 2.59. The maximum atomic E-state index is 15.1. The summed E-state index contributed by atoms with van der Waals surface area (Å²) in [4.78, 5) is 63.4. The largest absolute Gasteiger partial charge is 0.455 e. The summed E-state index contributed by atoms with van der Waals surface area (Å²) in [5.74, 6) is -4.04. The molecule has 1 aromatic carbocycles. The zero-order valence-corrected chi connectivity index (χ0v) is 31.7. The first kappa shape index (κ1) is 38.6. The highest BCUT2D eigenvalue weighted by atomic mass is 79.9. The molecule has 3 amide bonds. The Morgan fingerprint density at radius 3 is 2.50 bits per heavy atom. The number of aliphatic hydroxyl groups is 1. The number of morpholine rings is 1. The van der Waals surface area contributed by atoms with Crippen molar-refractivity contribution in [3.8, 4) is 0 Å². The summed E-state index contributed by atoms with van der Waals surface area (Å²) in [5.41, 5.74) is -0.843. The normalized spacial score (nSPS) is 33.4. The number of nitrogens with zero attached hydrogens (tertiary/aromatic N) is 3. The number of methoxy groups -OCH3 is 1. The highest BCUT2D eigenvalue weighted by Gasteiger charge is 2.75. The van der Waals surface area contributed by atoms with Crippen molar-refractivity contribution < 1.29 is 43.2 Å². The van der Waals surface area contributed by atoms with E-state index in [-0.39, 0.29) is 43.9 Å². The van der Waals surface area contributed by atoms with Crippen LogP contribution in [0.4, 0.5) is 0 Å². The number of likely N-dealkylation sites (tertiary alicyclic amines) is 1. The van der Waals surface area contributed by atoms with Gasteiger partial charge in [-0.05, 0) is 24.0 Å². The van der Waals surface area contributed by atoms with Crippen molar-refractivity contribution in [1.82, 2.24) is 20.0 Å². The molecule has 9 atom stereocenters. The molecule has 1 aromatic rings. The minimum absolute atomic E-state index is 0.0600. The summed E-state index contributed by atoms with van der Waals surface area (Å²) in [7, 11) is 1.51. The zero-order chi connectivity index (χ0) is 37.0. The van der Waals surface area contributed by atoms with Gasteiger partial charge >= 0.3 is 5.97 Å². The number of fused-ring (bicyclic) bond motifs is 2. The molecule has 5 bridgehead atoms. The number of carbonyl (C=O) groups excluding carboxylic acids is 4. The quantitative estimate of drug-likeness (QED) is 0.268. The van der Waals surface area contributed by atoms with E-state index in [2.05, 4.69) is 26.1 Å². The van der Waals surface area contributed by atoms with Crippen LogP contribution in [-0.2, 0) is 38.1 Å².